The van der Waals surface area contributed by atoms with Gasteiger partial charge in [0.25, 0.3) is 5.91 Å². The lowest BCUT2D eigenvalue weighted by Gasteiger charge is -2.52. The average molecular weight is 363 g/mol. The van der Waals surface area contributed by atoms with Gasteiger partial charge in [-0.15, -0.1) is 0 Å². The molecule has 2 aliphatic rings. The second-order valence-corrected chi connectivity index (χ2v) is 7.87. The summed E-state index contributed by atoms with van der Waals surface area (Å²) >= 11 is 0. The number of rotatable bonds is 4. The number of β-amino-alcohol motifs (C(OH)–C–C–N with tert-alkyl or cyclic N) is 1. The lowest BCUT2D eigenvalue weighted by atomic mass is 9.69. The van der Waals surface area contributed by atoms with Crippen LogP contribution in [-0.2, 0) is 4.74 Å². The summed E-state index contributed by atoms with van der Waals surface area (Å²) in [5, 5.41) is 11.4. The minimum atomic E-state index is -0.822. The molecular formula is C19H29N3O4. The fourth-order valence-corrected chi connectivity index (χ4v) is 3.79. The Morgan fingerprint density at radius 2 is 2.08 bits per heavy atom. The molecule has 0 saturated carbocycles. The normalized spacial score (nSPS) is 26.5. The predicted molar refractivity (Wildman–Crippen MR) is 97.3 cm³/mol. The average Bonchev–Trinajstić information content (AvgIpc) is 2.64. The van der Waals surface area contributed by atoms with Crippen LogP contribution in [-0.4, -0.2) is 84.4 Å². The van der Waals surface area contributed by atoms with E-state index >= 15 is 0 Å². The van der Waals surface area contributed by atoms with Gasteiger partial charge in [-0.05, 0) is 12.5 Å². The van der Waals surface area contributed by atoms with E-state index in [1.807, 2.05) is 18.7 Å². The van der Waals surface area contributed by atoms with Gasteiger partial charge >= 0.3 is 0 Å². The molecule has 3 heterocycles. The van der Waals surface area contributed by atoms with Crippen molar-refractivity contribution in [2.45, 2.75) is 25.9 Å². The Bertz CT molecular complexity index is 645. The van der Waals surface area contributed by atoms with Gasteiger partial charge in [0.15, 0.2) is 0 Å². The number of aromatic nitrogens is 1. The largest absolute Gasteiger partial charge is 0.481 e. The first-order valence-electron chi connectivity index (χ1n) is 9.16. The number of likely N-dealkylation sites (tertiary alicyclic amines) is 1. The number of nitrogens with zero attached hydrogens (tertiary/aromatic N) is 3. The Balaban J connectivity index is 1.69. The molecule has 1 atom stereocenters. The lowest BCUT2D eigenvalue weighted by molar-refractivity contribution is -0.133. The molecule has 26 heavy (non-hydrogen) atoms. The number of ether oxygens (including phenoxy) is 2. The van der Waals surface area contributed by atoms with Gasteiger partial charge in [0.05, 0.1) is 25.9 Å². The highest BCUT2D eigenvalue weighted by molar-refractivity contribution is 5.94. The third-order valence-corrected chi connectivity index (χ3v) is 5.71. The molecule has 0 unspecified atom stereocenters. The first-order valence-corrected chi connectivity index (χ1v) is 9.16. The second-order valence-electron chi connectivity index (χ2n) is 7.87. The molecule has 3 rings (SSSR count). The Morgan fingerprint density at radius 1 is 1.35 bits per heavy atom. The van der Waals surface area contributed by atoms with Gasteiger partial charge in [-0.25, -0.2) is 4.98 Å². The van der Waals surface area contributed by atoms with Gasteiger partial charge in [-0.1, -0.05) is 13.8 Å². The number of hydrogen-bond donors (Lipinski definition) is 1. The molecule has 1 aromatic heterocycles. The van der Waals surface area contributed by atoms with Crippen molar-refractivity contribution in [2.24, 2.45) is 5.41 Å². The van der Waals surface area contributed by atoms with Crippen LogP contribution in [0.5, 0.6) is 5.88 Å². The van der Waals surface area contributed by atoms with E-state index in [1.165, 1.54) is 7.11 Å². The molecule has 1 amide bonds. The highest BCUT2D eigenvalue weighted by Gasteiger charge is 2.49. The summed E-state index contributed by atoms with van der Waals surface area (Å²) in [6, 6.07) is 3.36. The van der Waals surface area contributed by atoms with E-state index < -0.39 is 11.0 Å². The van der Waals surface area contributed by atoms with Crippen molar-refractivity contribution in [1.29, 1.82) is 0 Å². The van der Waals surface area contributed by atoms with E-state index in [0.29, 0.717) is 50.7 Å². The molecular weight excluding hydrogens is 334 g/mol. The topological polar surface area (TPSA) is 75.1 Å². The third-order valence-electron chi connectivity index (χ3n) is 5.71. The number of carbonyl (C=O) groups excluding carboxylic acids is 1. The summed E-state index contributed by atoms with van der Waals surface area (Å²) < 4.78 is 10.5. The van der Waals surface area contributed by atoms with Crippen molar-refractivity contribution in [3.05, 3.63) is 23.9 Å². The monoisotopic (exact) mass is 363 g/mol. The molecule has 0 aliphatic carbocycles. The van der Waals surface area contributed by atoms with Gasteiger partial charge in [-0.2, -0.15) is 0 Å². The number of pyridine rings is 1. The second kappa shape index (κ2) is 7.50. The lowest BCUT2D eigenvalue weighted by Crippen LogP contribution is -2.63. The van der Waals surface area contributed by atoms with Crippen molar-refractivity contribution < 1.29 is 19.4 Å². The minimum Gasteiger partial charge on any atom is -0.481 e. The number of morpholine rings is 1. The zero-order valence-electron chi connectivity index (χ0n) is 15.9. The van der Waals surface area contributed by atoms with Gasteiger partial charge in [0.2, 0.25) is 5.88 Å². The van der Waals surface area contributed by atoms with Crippen LogP contribution in [0.3, 0.4) is 0 Å². The Morgan fingerprint density at radius 3 is 2.73 bits per heavy atom. The summed E-state index contributed by atoms with van der Waals surface area (Å²) in [7, 11) is 1.53. The van der Waals surface area contributed by atoms with Crippen molar-refractivity contribution in [3.8, 4) is 5.88 Å². The first-order chi connectivity index (χ1) is 12.3. The molecule has 144 valence electrons. The maximum atomic E-state index is 12.9. The summed E-state index contributed by atoms with van der Waals surface area (Å²) in [5.74, 6) is 0.378. The minimum absolute atomic E-state index is 0.0489. The van der Waals surface area contributed by atoms with Gasteiger partial charge in [0, 0.05) is 56.0 Å². The summed E-state index contributed by atoms with van der Waals surface area (Å²) in [5.41, 5.74) is -0.667. The fourth-order valence-electron chi connectivity index (χ4n) is 3.79. The zero-order valence-corrected chi connectivity index (χ0v) is 15.9. The van der Waals surface area contributed by atoms with E-state index in [0.717, 1.165) is 13.1 Å². The predicted octanol–water partition coefficient (Wildman–Crippen LogP) is 1.03. The molecule has 1 N–H and O–H groups in total. The van der Waals surface area contributed by atoms with Crippen LogP contribution in [0.1, 0.15) is 30.6 Å². The molecule has 2 saturated heterocycles. The summed E-state index contributed by atoms with van der Waals surface area (Å²) in [4.78, 5) is 21.0. The van der Waals surface area contributed by atoms with Crippen molar-refractivity contribution >= 4 is 5.91 Å². The van der Waals surface area contributed by atoms with Crippen molar-refractivity contribution in [2.75, 3.05) is 53.0 Å². The molecule has 1 aromatic rings. The quantitative estimate of drug-likeness (QED) is 0.861. The molecule has 2 aliphatic heterocycles. The Kier molecular flexibility index (Phi) is 5.50. The number of aliphatic hydroxyl groups is 1. The van der Waals surface area contributed by atoms with E-state index in [9.17, 15) is 9.90 Å². The van der Waals surface area contributed by atoms with Crippen LogP contribution >= 0.6 is 0 Å². The van der Waals surface area contributed by atoms with Crippen LogP contribution in [0.4, 0.5) is 0 Å². The Labute approximate surface area is 154 Å². The molecule has 0 spiro atoms. The number of carbonyl (C=O) groups is 1. The van der Waals surface area contributed by atoms with Crippen LogP contribution < -0.4 is 4.74 Å². The van der Waals surface area contributed by atoms with E-state index in [2.05, 4.69) is 9.88 Å². The highest BCUT2D eigenvalue weighted by Crippen LogP contribution is 2.39. The molecule has 7 heteroatoms. The van der Waals surface area contributed by atoms with Gasteiger partial charge in [0.1, 0.15) is 0 Å². The highest BCUT2D eigenvalue weighted by atomic mass is 16.5. The van der Waals surface area contributed by atoms with Gasteiger partial charge in [-0.3, -0.25) is 9.69 Å². The maximum absolute atomic E-state index is 12.9. The number of piperidine rings is 1. The van der Waals surface area contributed by atoms with E-state index in [1.54, 1.807) is 18.3 Å². The number of hydrogen-bond acceptors (Lipinski definition) is 6. The standard InChI is InChI=1S/C19H29N3O4/c1-18(2)13-22(17(23)15-4-6-20-16(12-15)25-3)7-5-19(18,24)14-21-8-10-26-11-9-21/h4,6,12,24H,5,7-11,13-14H2,1-3H3/t19-/m0/s1. The third kappa shape index (κ3) is 3.84. The maximum Gasteiger partial charge on any atom is 0.254 e. The first kappa shape index (κ1) is 19.1. The summed E-state index contributed by atoms with van der Waals surface area (Å²) in [6.07, 6.45) is 2.14. The molecule has 7 nitrogen and oxygen atoms in total. The van der Waals surface area contributed by atoms with E-state index in [-0.39, 0.29) is 5.91 Å². The fraction of sp³-hybridized carbons (Fsp3) is 0.684. The van der Waals surface area contributed by atoms with E-state index in [4.69, 9.17) is 9.47 Å². The molecule has 2 fully saturated rings. The van der Waals surface area contributed by atoms with Crippen LogP contribution in [0.2, 0.25) is 0 Å². The SMILES string of the molecule is COc1cc(C(=O)N2CC[C@](O)(CN3CCOCC3)C(C)(C)C2)ccn1. The number of methoxy groups -OCH3 is 1. The van der Waals surface area contributed by atoms with Gasteiger partial charge < -0.3 is 19.5 Å². The van der Waals surface area contributed by atoms with Crippen molar-refractivity contribution in [1.82, 2.24) is 14.8 Å². The smallest absolute Gasteiger partial charge is 0.254 e. The molecule has 0 radical (unpaired) electrons. The Hall–Kier alpha value is -1.70. The molecule has 0 bridgehead atoms. The van der Waals surface area contributed by atoms with Crippen molar-refractivity contribution in [3.63, 3.8) is 0 Å². The number of amides is 1. The van der Waals surface area contributed by atoms with Crippen LogP contribution in [0, 0.1) is 5.41 Å². The van der Waals surface area contributed by atoms with Crippen LogP contribution in [0.25, 0.3) is 0 Å². The molecule has 0 aromatic carbocycles. The van der Waals surface area contributed by atoms with Crippen LogP contribution in [0.15, 0.2) is 18.3 Å². The summed E-state index contributed by atoms with van der Waals surface area (Å²) in [6.45, 7) is 8.87. The zero-order chi connectivity index (χ0) is 18.8.